The molecule has 4 rings (SSSR count). The quantitative estimate of drug-likeness (QED) is 0.720. The van der Waals surface area contributed by atoms with Gasteiger partial charge >= 0.3 is 0 Å². The van der Waals surface area contributed by atoms with Crippen molar-refractivity contribution in [2.24, 2.45) is 0 Å². The molecule has 1 N–H and O–H groups in total. The van der Waals surface area contributed by atoms with Crippen molar-refractivity contribution < 1.29 is 9.84 Å². The molecule has 27 heavy (non-hydrogen) atoms. The van der Waals surface area contributed by atoms with Crippen LogP contribution in [0, 0.1) is 6.92 Å². The molecule has 1 saturated carbocycles. The Bertz CT molecular complexity index is 942. The minimum absolute atomic E-state index is 0.149. The van der Waals surface area contributed by atoms with Crippen LogP contribution >= 0.6 is 0 Å². The van der Waals surface area contributed by atoms with Crippen LogP contribution in [0.15, 0.2) is 48.8 Å². The minimum Gasteiger partial charge on any atom is -0.504 e. The van der Waals surface area contributed by atoms with Gasteiger partial charge in [0.15, 0.2) is 17.3 Å². The number of phenols is 1. The normalized spacial score (nSPS) is 13.4. The average molecular weight is 362 g/mol. The first-order chi connectivity index (χ1) is 13.1. The van der Waals surface area contributed by atoms with Gasteiger partial charge in [-0.25, -0.2) is 9.97 Å². The summed E-state index contributed by atoms with van der Waals surface area (Å²) in [6, 6.07) is 11.8. The number of benzene rings is 1. The molecule has 2 heterocycles. The first kappa shape index (κ1) is 17.3. The van der Waals surface area contributed by atoms with Gasteiger partial charge in [0.2, 0.25) is 0 Å². The number of aromatic nitrogens is 3. The Kier molecular flexibility index (Phi) is 4.62. The van der Waals surface area contributed by atoms with E-state index in [-0.39, 0.29) is 5.75 Å². The van der Waals surface area contributed by atoms with Crippen LogP contribution in [-0.2, 0) is 6.54 Å². The van der Waals surface area contributed by atoms with Crippen molar-refractivity contribution in [3.8, 4) is 22.9 Å². The molecule has 1 aliphatic carbocycles. The highest BCUT2D eigenvalue weighted by Crippen LogP contribution is 2.34. The number of anilines is 1. The third kappa shape index (κ3) is 3.84. The number of hydrogen-bond donors (Lipinski definition) is 1. The molecule has 1 fully saturated rings. The van der Waals surface area contributed by atoms with E-state index in [0.717, 1.165) is 35.5 Å². The Hall–Kier alpha value is -3.15. The number of ether oxygens (including phenoxy) is 1. The van der Waals surface area contributed by atoms with E-state index >= 15 is 0 Å². The minimum atomic E-state index is 0.149. The molecule has 1 aromatic carbocycles. The number of phenolic OH excluding ortho intramolecular Hbond substituents is 1. The third-order valence-electron chi connectivity index (χ3n) is 4.64. The zero-order valence-corrected chi connectivity index (χ0v) is 15.5. The predicted molar refractivity (Wildman–Crippen MR) is 104 cm³/mol. The highest BCUT2D eigenvalue weighted by molar-refractivity contribution is 5.57. The van der Waals surface area contributed by atoms with Crippen molar-refractivity contribution in [2.75, 3.05) is 12.0 Å². The highest BCUT2D eigenvalue weighted by atomic mass is 16.5. The zero-order valence-electron chi connectivity index (χ0n) is 15.5. The smallest absolute Gasteiger partial charge is 0.163 e. The van der Waals surface area contributed by atoms with Gasteiger partial charge in [0.05, 0.1) is 7.11 Å². The third-order valence-corrected chi connectivity index (χ3v) is 4.64. The summed E-state index contributed by atoms with van der Waals surface area (Å²) >= 11 is 0. The van der Waals surface area contributed by atoms with Crippen molar-refractivity contribution in [3.05, 3.63) is 60.0 Å². The maximum absolute atomic E-state index is 9.84. The molecule has 2 aromatic heterocycles. The largest absolute Gasteiger partial charge is 0.504 e. The Balaban J connectivity index is 1.68. The number of aromatic hydroxyl groups is 1. The molecule has 0 saturated heterocycles. The second kappa shape index (κ2) is 7.23. The Morgan fingerprint density at radius 1 is 1.19 bits per heavy atom. The van der Waals surface area contributed by atoms with Crippen molar-refractivity contribution in [1.29, 1.82) is 0 Å². The van der Waals surface area contributed by atoms with E-state index in [9.17, 15) is 5.11 Å². The topological polar surface area (TPSA) is 71.4 Å². The van der Waals surface area contributed by atoms with Crippen molar-refractivity contribution in [2.45, 2.75) is 32.4 Å². The molecule has 0 bridgehead atoms. The highest BCUT2D eigenvalue weighted by Gasteiger charge is 2.30. The summed E-state index contributed by atoms with van der Waals surface area (Å²) in [6.07, 6.45) is 5.83. The summed E-state index contributed by atoms with van der Waals surface area (Å²) in [5.41, 5.74) is 2.90. The standard InChI is InChI=1S/C21H22N4O2/c1-14-10-20(24-21(23-14)16-4-3-9-22-12-16)25(17-6-7-17)13-15-5-8-18(26)19(11-15)27-2/h3-5,8-12,17,26H,6-7,13H2,1-2H3. The summed E-state index contributed by atoms with van der Waals surface area (Å²) in [7, 11) is 1.56. The second-order valence-corrected chi connectivity index (χ2v) is 6.80. The van der Waals surface area contributed by atoms with E-state index in [1.54, 1.807) is 25.6 Å². The zero-order chi connectivity index (χ0) is 18.8. The summed E-state index contributed by atoms with van der Waals surface area (Å²) in [6.45, 7) is 2.68. The van der Waals surface area contributed by atoms with Crippen LogP contribution in [-0.4, -0.2) is 33.2 Å². The fourth-order valence-corrected chi connectivity index (χ4v) is 3.12. The lowest BCUT2D eigenvalue weighted by atomic mass is 10.1. The van der Waals surface area contributed by atoms with Gasteiger partial charge in [0.1, 0.15) is 5.82 Å². The first-order valence-electron chi connectivity index (χ1n) is 9.02. The lowest BCUT2D eigenvalue weighted by Gasteiger charge is -2.24. The maximum Gasteiger partial charge on any atom is 0.163 e. The Morgan fingerprint density at radius 3 is 2.74 bits per heavy atom. The lowest BCUT2D eigenvalue weighted by molar-refractivity contribution is 0.373. The van der Waals surface area contributed by atoms with Crippen LogP contribution in [0.2, 0.25) is 0 Å². The molecular formula is C21H22N4O2. The summed E-state index contributed by atoms with van der Waals surface area (Å²) < 4.78 is 5.24. The van der Waals surface area contributed by atoms with E-state index in [2.05, 4.69) is 14.9 Å². The number of rotatable bonds is 6. The molecule has 6 nitrogen and oxygen atoms in total. The molecule has 3 aromatic rings. The average Bonchev–Trinajstić information content (AvgIpc) is 3.52. The predicted octanol–water partition coefficient (Wildman–Crippen LogP) is 3.73. The van der Waals surface area contributed by atoms with E-state index < -0.39 is 0 Å². The van der Waals surface area contributed by atoms with Gasteiger partial charge in [-0.3, -0.25) is 4.98 Å². The molecule has 1 aliphatic rings. The molecule has 138 valence electrons. The molecular weight excluding hydrogens is 340 g/mol. The monoisotopic (exact) mass is 362 g/mol. The molecule has 0 atom stereocenters. The van der Waals surface area contributed by atoms with Gasteiger partial charge in [0.25, 0.3) is 0 Å². The number of pyridine rings is 1. The van der Waals surface area contributed by atoms with Crippen molar-refractivity contribution >= 4 is 5.82 Å². The second-order valence-electron chi connectivity index (χ2n) is 6.80. The van der Waals surface area contributed by atoms with E-state index in [1.165, 1.54) is 0 Å². The maximum atomic E-state index is 9.84. The fourth-order valence-electron chi connectivity index (χ4n) is 3.12. The van der Waals surface area contributed by atoms with Gasteiger partial charge in [0, 0.05) is 42.3 Å². The van der Waals surface area contributed by atoms with Crippen LogP contribution < -0.4 is 9.64 Å². The number of methoxy groups -OCH3 is 1. The fraction of sp³-hybridized carbons (Fsp3) is 0.286. The van der Waals surface area contributed by atoms with E-state index in [4.69, 9.17) is 9.72 Å². The molecule has 0 spiro atoms. The Morgan fingerprint density at radius 2 is 2.04 bits per heavy atom. The van der Waals surface area contributed by atoms with Crippen LogP contribution in [0.3, 0.4) is 0 Å². The molecule has 0 amide bonds. The first-order valence-corrected chi connectivity index (χ1v) is 9.02. The van der Waals surface area contributed by atoms with Crippen LogP contribution in [0.4, 0.5) is 5.82 Å². The summed E-state index contributed by atoms with van der Waals surface area (Å²) in [5.74, 6) is 2.23. The van der Waals surface area contributed by atoms with Crippen LogP contribution in [0.1, 0.15) is 24.1 Å². The van der Waals surface area contributed by atoms with Gasteiger partial charge in [-0.1, -0.05) is 6.07 Å². The molecule has 6 heteroatoms. The van der Waals surface area contributed by atoms with Crippen LogP contribution in [0.5, 0.6) is 11.5 Å². The summed E-state index contributed by atoms with van der Waals surface area (Å²) in [5, 5.41) is 9.84. The van der Waals surface area contributed by atoms with E-state index in [1.807, 2.05) is 37.3 Å². The molecule has 0 radical (unpaired) electrons. The SMILES string of the molecule is COc1cc(CN(c2cc(C)nc(-c3cccnc3)n2)C2CC2)ccc1O. The molecule has 0 unspecified atom stereocenters. The van der Waals surface area contributed by atoms with Gasteiger partial charge < -0.3 is 14.7 Å². The van der Waals surface area contributed by atoms with Gasteiger partial charge in [-0.15, -0.1) is 0 Å². The summed E-state index contributed by atoms with van der Waals surface area (Å²) in [4.78, 5) is 15.9. The van der Waals surface area contributed by atoms with Crippen molar-refractivity contribution in [1.82, 2.24) is 15.0 Å². The van der Waals surface area contributed by atoms with Crippen molar-refractivity contribution in [3.63, 3.8) is 0 Å². The Labute approximate surface area is 158 Å². The lowest BCUT2D eigenvalue weighted by Crippen LogP contribution is -2.26. The molecule has 0 aliphatic heterocycles. The van der Waals surface area contributed by atoms with Gasteiger partial charge in [-0.2, -0.15) is 0 Å². The van der Waals surface area contributed by atoms with Crippen LogP contribution in [0.25, 0.3) is 11.4 Å². The number of nitrogens with zero attached hydrogens (tertiary/aromatic N) is 4. The van der Waals surface area contributed by atoms with Gasteiger partial charge in [-0.05, 0) is 49.6 Å². The van der Waals surface area contributed by atoms with E-state index in [0.29, 0.717) is 24.2 Å². The number of hydrogen-bond acceptors (Lipinski definition) is 6. The number of aryl methyl sites for hydroxylation is 1.